The molecule has 0 radical (unpaired) electrons. The Bertz CT molecular complexity index is 678. The van der Waals surface area contributed by atoms with E-state index >= 15 is 0 Å². The van der Waals surface area contributed by atoms with Gasteiger partial charge in [-0.15, -0.1) is 0 Å². The summed E-state index contributed by atoms with van der Waals surface area (Å²) in [5.74, 6) is 0. The highest BCUT2D eigenvalue weighted by Crippen LogP contribution is 2.28. The lowest BCUT2D eigenvalue weighted by Crippen LogP contribution is -2.19. The highest BCUT2D eigenvalue weighted by molar-refractivity contribution is 5.80. The maximum atomic E-state index is 4.51. The first-order valence-electron chi connectivity index (χ1n) is 6.87. The van der Waals surface area contributed by atoms with Crippen molar-refractivity contribution in [3.8, 4) is 0 Å². The SMILES string of the molecule is Cc1nn(C)c(C)c1C1=CN(c2ccccc2)CC=C1. The average Bonchev–Trinajstić information content (AvgIpc) is 2.73. The van der Waals surface area contributed by atoms with Gasteiger partial charge in [0, 0.05) is 42.3 Å². The number of anilines is 1. The zero-order valence-corrected chi connectivity index (χ0v) is 12.2. The fourth-order valence-electron chi connectivity index (χ4n) is 2.70. The van der Waals surface area contributed by atoms with E-state index in [1.807, 2.05) is 17.8 Å². The molecule has 0 saturated heterocycles. The Morgan fingerprint density at radius 2 is 1.85 bits per heavy atom. The number of hydrogen-bond donors (Lipinski definition) is 0. The Morgan fingerprint density at radius 1 is 1.10 bits per heavy atom. The van der Waals surface area contributed by atoms with Crippen molar-refractivity contribution in [3.63, 3.8) is 0 Å². The Labute approximate surface area is 119 Å². The zero-order chi connectivity index (χ0) is 14.1. The van der Waals surface area contributed by atoms with Crippen molar-refractivity contribution in [2.45, 2.75) is 13.8 Å². The van der Waals surface area contributed by atoms with Crippen LogP contribution < -0.4 is 4.90 Å². The van der Waals surface area contributed by atoms with Crippen molar-refractivity contribution in [1.82, 2.24) is 9.78 Å². The molecule has 102 valence electrons. The van der Waals surface area contributed by atoms with Crippen LogP contribution >= 0.6 is 0 Å². The normalized spacial score (nSPS) is 14.6. The second-order valence-corrected chi connectivity index (χ2v) is 5.14. The van der Waals surface area contributed by atoms with E-state index in [9.17, 15) is 0 Å². The van der Waals surface area contributed by atoms with Crippen molar-refractivity contribution in [1.29, 1.82) is 0 Å². The molecule has 2 aromatic rings. The van der Waals surface area contributed by atoms with Crippen molar-refractivity contribution >= 4 is 11.3 Å². The van der Waals surface area contributed by atoms with Gasteiger partial charge in [0.1, 0.15) is 0 Å². The highest BCUT2D eigenvalue weighted by atomic mass is 15.3. The molecule has 0 amide bonds. The molecule has 1 aromatic heterocycles. The summed E-state index contributed by atoms with van der Waals surface area (Å²) < 4.78 is 1.95. The van der Waals surface area contributed by atoms with E-state index in [0.717, 1.165) is 12.2 Å². The van der Waals surface area contributed by atoms with Gasteiger partial charge in [-0.1, -0.05) is 30.4 Å². The zero-order valence-electron chi connectivity index (χ0n) is 12.2. The summed E-state index contributed by atoms with van der Waals surface area (Å²) in [4.78, 5) is 2.27. The molecule has 20 heavy (non-hydrogen) atoms. The summed E-state index contributed by atoms with van der Waals surface area (Å²) in [7, 11) is 1.99. The maximum Gasteiger partial charge on any atom is 0.0675 e. The summed E-state index contributed by atoms with van der Waals surface area (Å²) in [6.45, 7) is 5.09. The van der Waals surface area contributed by atoms with E-state index in [1.165, 1.54) is 22.5 Å². The van der Waals surface area contributed by atoms with Crippen LogP contribution in [0.4, 0.5) is 5.69 Å². The van der Waals surface area contributed by atoms with Gasteiger partial charge >= 0.3 is 0 Å². The van der Waals surface area contributed by atoms with Crippen molar-refractivity contribution in [3.05, 3.63) is 65.6 Å². The Balaban J connectivity index is 2.01. The smallest absolute Gasteiger partial charge is 0.0675 e. The van der Waals surface area contributed by atoms with Gasteiger partial charge in [0.2, 0.25) is 0 Å². The molecule has 0 N–H and O–H groups in total. The molecule has 2 heterocycles. The largest absolute Gasteiger partial charge is 0.344 e. The van der Waals surface area contributed by atoms with E-state index < -0.39 is 0 Å². The van der Waals surface area contributed by atoms with Crippen LogP contribution in [0.3, 0.4) is 0 Å². The number of aryl methyl sites for hydroxylation is 2. The van der Waals surface area contributed by atoms with E-state index in [0.29, 0.717) is 0 Å². The molecule has 1 aliphatic rings. The maximum absolute atomic E-state index is 4.51. The fraction of sp³-hybridized carbons (Fsp3) is 0.235. The van der Waals surface area contributed by atoms with E-state index in [-0.39, 0.29) is 0 Å². The molecule has 0 bridgehead atoms. The van der Waals surface area contributed by atoms with Gasteiger partial charge in [0.25, 0.3) is 0 Å². The summed E-state index contributed by atoms with van der Waals surface area (Å²) in [6, 6.07) is 10.5. The third kappa shape index (κ3) is 2.16. The monoisotopic (exact) mass is 265 g/mol. The molecular formula is C17H19N3. The lowest BCUT2D eigenvalue weighted by atomic mass is 10.0. The fourth-order valence-corrected chi connectivity index (χ4v) is 2.70. The molecular weight excluding hydrogens is 246 g/mol. The number of allylic oxidation sites excluding steroid dienone is 2. The lowest BCUT2D eigenvalue weighted by molar-refractivity contribution is 0.731. The molecule has 1 aliphatic heterocycles. The highest BCUT2D eigenvalue weighted by Gasteiger charge is 2.15. The third-order valence-corrected chi connectivity index (χ3v) is 3.78. The molecule has 0 saturated carbocycles. The minimum atomic E-state index is 0.909. The van der Waals surface area contributed by atoms with E-state index in [4.69, 9.17) is 0 Å². The number of hydrogen-bond acceptors (Lipinski definition) is 2. The van der Waals surface area contributed by atoms with Crippen LogP contribution in [0.5, 0.6) is 0 Å². The van der Waals surface area contributed by atoms with Crippen LogP contribution in [0, 0.1) is 13.8 Å². The predicted octanol–water partition coefficient (Wildman–Crippen LogP) is 3.45. The molecule has 3 rings (SSSR count). The number of rotatable bonds is 2. The minimum Gasteiger partial charge on any atom is -0.344 e. The van der Waals surface area contributed by atoms with Gasteiger partial charge in [-0.2, -0.15) is 5.10 Å². The van der Waals surface area contributed by atoms with Crippen LogP contribution in [0.1, 0.15) is 17.0 Å². The second-order valence-electron chi connectivity index (χ2n) is 5.14. The summed E-state index contributed by atoms with van der Waals surface area (Å²) in [5.41, 5.74) is 5.96. The van der Waals surface area contributed by atoms with Crippen molar-refractivity contribution in [2.24, 2.45) is 7.05 Å². The van der Waals surface area contributed by atoms with Crippen LogP contribution in [0.2, 0.25) is 0 Å². The summed E-state index contributed by atoms with van der Waals surface area (Å²) in [6.07, 6.45) is 6.61. The summed E-state index contributed by atoms with van der Waals surface area (Å²) in [5, 5.41) is 4.51. The van der Waals surface area contributed by atoms with Crippen molar-refractivity contribution in [2.75, 3.05) is 11.4 Å². The molecule has 0 fully saturated rings. The predicted molar refractivity (Wildman–Crippen MR) is 83.6 cm³/mol. The van der Waals surface area contributed by atoms with Crippen molar-refractivity contribution < 1.29 is 0 Å². The standard InChI is InChI=1S/C17H19N3/c1-13-17(14(2)19(3)18-13)15-8-7-11-20(12-15)16-9-5-4-6-10-16/h4-10,12H,11H2,1-3H3. The first kappa shape index (κ1) is 12.7. The first-order chi connectivity index (χ1) is 9.66. The van der Waals surface area contributed by atoms with Gasteiger partial charge in [-0.3, -0.25) is 4.68 Å². The molecule has 3 nitrogen and oxygen atoms in total. The number of nitrogens with zero attached hydrogens (tertiary/aromatic N) is 3. The topological polar surface area (TPSA) is 21.1 Å². The molecule has 0 atom stereocenters. The van der Waals surface area contributed by atoms with Crippen LogP contribution in [-0.4, -0.2) is 16.3 Å². The Kier molecular flexibility index (Phi) is 3.18. The van der Waals surface area contributed by atoms with Crippen LogP contribution in [0.25, 0.3) is 5.57 Å². The summed E-state index contributed by atoms with van der Waals surface area (Å²) >= 11 is 0. The Morgan fingerprint density at radius 3 is 2.50 bits per heavy atom. The lowest BCUT2D eigenvalue weighted by Gasteiger charge is -2.23. The van der Waals surface area contributed by atoms with Gasteiger partial charge in [-0.25, -0.2) is 0 Å². The van der Waals surface area contributed by atoms with Crippen LogP contribution in [-0.2, 0) is 7.05 Å². The van der Waals surface area contributed by atoms with E-state index in [1.54, 1.807) is 0 Å². The quantitative estimate of drug-likeness (QED) is 0.829. The van der Waals surface area contributed by atoms with Gasteiger partial charge in [-0.05, 0) is 26.0 Å². The molecule has 0 aliphatic carbocycles. The first-order valence-corrected chi connectivity index (χ1v) is 6.87. The molecule has 0 spiro atoms. The number of para-hydroxylation sites is 1. The minimum absolute atomic E-state index is 0.909. The molecule has 1 aromatic carbocycles. The van der Waals surface area contributed by atoms with Gasteiger partial charge < -0.3 is 4.90 Å². The van der Waals surface area contributed by atoms with Crippen LogP contribution in [0.15, 0.2) is 48.7 Å². The average molecular weight is 265 g/mol. The van der Waals surface area contributed by atoms with Gasteiger partial charge in [0.15, 0.2) is 0 Å². The number of benzene rings is 1. The molecule has 3 heteroatoms. The Hall–Kier alpha value is -2.29. The van der Waals surface area contributed by atoms with Gasteiger partial charge in [0.05, 0.1) is 5.69 Å². The number of aromatic nitrogens is 2. The molecule has 0 unspecified atom stereocenters. The third-order valence-electron chi connectivity index (χ3n) is 3.78. The van der Waals surface area contributed by atoms with E-state index in [2.05, 4.69) is 66.5 Å². The second kappa shape index (κ2) is 5.00.